The average molecular weight is 529 g/mol. The summed E-state index contributed by atoms with van der Waals surface area (Å²) in [6, 6.07) is 19.7. The molecular weight excluding hydrogens is 488 g/mol. The molecule has 2 heterocycles. The number of anilines is 1. The largest absolute Gasteiger partial charge is 0.385 e. The molecule has 38 heavy (non-hydrogen) atoms. The number of allylic oxidation sites excluding steroid dienone is 1. The first-order chi connectivity index (χ1) is 18.4. The molecule has 2 N–H and O–H groups in total. The summed E-state index contributed by atoms with van der Waals surface area (Å²) in [5.41, 5.74) is 5.76. The summed E-state index contributed by atoms with van der Waals surface area (Å²) in [4.78, 5) is 19.8. The number of benzene rings is 2. The summed E-state index contributed by atoms with van der Waals surface area (Å²) >= 11 is 1.49. The molecule has 6 heteroatoms. The van der Waals surface area contributed by atoms with Crippen LogP contribution in [-0.2, 0) is 10.2 Å². The number of amides is 1. The van der Waals surface area contributed by atoms with Crippen molar-refractivity contribution in [3.8, 4) is 11.3 Å². The monoisotopic (exact) mass is 528 g/mol. The molecule has 0 bridgehead atoms. The number of thiazole rings is 1. The van der Waals surface area contributed by atoms with E-state index >= 15 is 0 Å². The molecule has 2 fully saturated rings. The van der Waals surface area contributed by atoms with Gasteiger partial charge in [-0.2, -0.15) is 0 Å². The first-order valence-corrected chi connectivity index (χ1v) is 14.8. The third kappa shape index (κ3) is 6.19. The maximum atomic E-state index is 12.8. The van der Waals surface area contributed by atoms with Crippen LogP contribution in [-0.4, -0.2) is 42.0 Å². The minimum absolute atomic E-state index is 0.00432. The normalized spacial score (nSPS) is 21.5. The van der Waals surface area contributed by atoms with Gasteiger partial charge in [0.15, 0.2) is 5.13 Å². The van der Waals surface area contributed by atoms with Crippen LogP contribution >= 0.6 is 11.3 Å². The minimum Gasteiger partial charge on any atom is -0.385 e. The van der Waals surface area contributed by atoms with Crippen LogP contribution in [0.1, 0.15) is 56.1 Å². The quantitative estimate of drug-likeness (QED) is 0.339. The number of likely N-dealkylation sites (tertiary alicyclic amines) is 1. The van der Waals surface area contributed by atoms with Gasteiger partial charge in [-0.05, 0) is 77.1 Å². The van der Waals surface area contributed by atoms with Gasteiger partial charge in [-0.15, -0.1) is 11.3 Å². The topological polar surface area (TPSA) is 57.3 Å². The Balaban J connectivity index is 1.11. The highest BCUT2D eigenvalue weighted by molar-refractivity contribution is 7.14. The SMILES string of the molecule is C=C(N[C@H]1CC[C@@H](CC(=O)Nc2nc(-c3ccc(C)cc3)cs2)CC1)C1(c2ccccc2)CCN(C)CC1. The van der Waals surface area contributed by atoms with Gasteiger partial charge in [-0.1, -0.05) is 66.7 Å². The summed E-state index contributed by atoms with van der Waals surface area (Å²) in [5, 5.41) is 9.59. The highest BCUT2D eigenvalue weighted by atomic mass is 32.1. The molecule has 0 atom stereocenters. The molecule has 1 aliphatic heterocycles. The lowest BCUT2D eigenvalue weighted by Crippen LogP contribution is -2.47. The van der Waals surface area contributed by atoms with E-state index in [1.54, 1.807) is 0 Å². The summed E-state index contributed by atoms with van der Waals surface area (Å²) in [6.45, 7) is 8.84. The van der Waals surface area contributed by atoms with Crippen molar-refractivity contribution in [1.29, 1.82) is 0 Å². The number of carbonyl (C=O) groups excluding carboxylic acids is 1. The van der Waals surface area contributed by atoms with E-state index in [9.17, 15) is 4.79 Å². The van der Waals surface area contributed by atoms with Crippen LogP contribution in [0.4, 0.5) is 5.13 Å². The zero-order valence-corrected chi connectivity index (χ0v) is 23.5. The number of piperidine rings is 1. The predicted octanol–water partition coefficient (Wildman–Crippen LogP) is 6.77. The number of aryl methyl sites for hydroxylation is 1. The van der Waals surface area contributed by atoms with E-state index in [0.717, 1.165) is 62.9 Å². The van der Waals surface area contributed by atoms with Gasteiger partial charge < -0.3 is 15.5 Å². The third-order valence-electron chi connectivity index (χ3n) is 8.54. The van der Waals surface area contributed by atoms with Crippen molar-refractivity contribution in [2.45, 2.75) is 63.3 Å². The fourth-order valence-electron chi connectivity index (χ4n) is 6.04. The number of nitrogens with one attached hydrogen (secondary N) is 2. The highest BCUT2D eigenvalue weighted by Gasteiger charge is 2.39. The molecule has 2 aliphatic rings. The summed E-state index contributed by atoms with van der Waals surface area (Å²) in [6.07, 6.45) is 7.03. The standard InChI is InChI=1S/C32H40N4OS/c1-23-9-13-26(14-10-23)29-22-38-31(34-29)35-30(37)21-25-11-15-28(16-12-25)33-24(2)32(17-19-36(3)20-18-32)27-7-5-4-6-8-27/h4-10,13-14,22,25,28,33H,2,11-12,15-21H2,1,3H3,(H,34,35,37)/t25-,28+. The van der Waals surface area contributed by atoms with E-state index < -0.39 is 0 Å². The average Bonchev–Trinajstić information content (AvgIpc) is 3.39. The Morgan fingerprint density at radius 2 is 1.74 bits per heavy atom. The molecular formula is C32H40N4OS. The van der Waals surface area contributed by atoms with Crippen molar-refractivity contribution in [2.75, 3.05) is 25.5 Å². The van der Waals surface area contributed by atoms with Gasteiger partial charge in [-0.3, -0.25) is 4.79 Å². The minimum atomic E-state index is -0.00432. The maximum Gasteiger partial charge on any atom is 0.226 e. The van der Waals surface area contributed by atoms with Crippen LogP contribution in [0.2, 0.25) is 0 Å². The number of carbonyl (C=O) groups is 1. The zero-order valence-electron chi connectivity index (χ0n) is 22.7. The van der Waals surface area contributed by atoms with Crippen molar-refractivity contribution in [2.24, 2.45) is 5.92 Å². The van der Waals surface area contributed by atoms with Gasteiger partial charge in [0.2, 0.25) is 5.91 Å². The van der Waals surface area contributed by atoms with Crippen molar-refractivity contribution in [1.82, 2.24) is 15.2 Å². The smallest absolute Gasteiger partial charge is 0.226 e. The van der Waals surface area contributed by atoms with Crippen LogP contribution in [0, 0.1) is 12.8 Å². The lowest BCUT2D eigenvalue weighted by molar-refractivity contribution is -0.117. The van der Waals surface area contributed by atoms with E-state index in [4.69, 9.17) is 0 Å². The second-order valence-electron chi connectivity index (χ2n) is 11.2. The number of hydrogen-bond acceptors (Lipinski definition) is 5. The molecule has 3 aromatic rings. The van der Waals surface area contributed by atoms with Crippen LogP contribution in [0.25, 0.3) is 11.3 Å². The second-order valence-corrected chi connectivity index (χ2v) is 12.1. The van der Waals surface area contributed by atoms with Crippen molar-refractivity contribution in [3.05, 3.63) is 83.4 Å². The second kappa shape index (κ2) is 11.8. The van der Waals surface area contributed by atoms with Gasteiger partial charge in [-0.25, -0.2) is 4.98 Å². The Morgan fingerprint density at radius 3 is 2.42 bits per heavy atom. The molecule has 1 aromatic heterocycles. The van der Waals surface area contributed by atoms with Crippen LogP contribution in [0.15, 0.2) is 72.3 Å². The van der Waals surface area contributed by atoms with Gasteiger partial charge >= 0.3 is 0 Å². The highest BCUT2D eigenvalue weighted by Crippen LogP contribution is 2.41. The van der Waals surface area contributed by atoms with Gasteiger partial charge in [0.1, 0.15) is 0 Å². The van der Waals surface area contributed by atoms with Gasteiger partial charge in [0.05, 0.1) is 5.69 Å². The molecule has 1 saturated heterocycles. The van der Waals surface area contributed by atoms with Crippen molar-refractivity contribution in [3.63, 3.8) is 0 Å². The van der Waals surface area contributed by atoms with Crippen LogP contribution in [0.3, 0.4) is 0 Å². The summed E-state index contributed by atoms with van der Waals surface area (Å²) in [7, 11) is 2.21. The molecule has 2 aromatic carbocycles. The summed E-state index contributed by atoms with van der Waals surface area (Å²) in [5.74, 6) is 0.495. The molecule has 5 rings (SSSR count). The number of hydrogen-bond donors (Lipinski definition) is 2. The fourth-order valence-corrected chi connectivity index (χ4v) is 6.77. The Morgan fingerprint density at radius 1 is 1.05 bits per heavy atom. The number of nitrogens with zero attached hydrogens (tertiary/aromatic N) is 2. The molecule has 1 aliphatic carbocycles. The van der Waals surface area contributed by atoms with Crippen LogP contribution < -0.4 is 10.6 Å². The van der Waals surface area contributed by atoms with Crippen LogP contribution in [0.5, 0.6) is 0 Å². The molecule has 200 valence electrons. The summed E-state index contributed by atoms with van der Waals surface area (Å²) < 4.78 is 0. The van der Waals surface area contributed by atoms with Crippen molar-refractivity contribution >= 4 is 22.4 Å². The Bertz CT molecular complexity index is 1220. The van der Waals surface area contributed by atoms with E-state index in [-0.39, 0.29) is 11.3 Å². The molecule has 0 spiro atoms. The first kappa shape index (κ1) is 26.6. The Kier molecular flexibility index (Phi) is 8.29. The molecule has 1 saturated carbocycles. The van der Waals surface area contributed by atoms with Crippen molar-refractivity contribution < 1.29 is 4.79 Å². The molecule has 5 nitrogen and oxygen atoms in total. The zero-order chi connectivity index (χ0) is 26.5. The lowest BCUT2D eigenvalue weighted by atomic mass is 9.70. The fraction of sp³-hybridized carbons (Fsp3) is 0.438. The van der Waals surface area contributed by atoms with E-state index in [1.165, 1.54) is 28.2 Å². The number of aromatic nitrogens is 1. The molecule has 0 unspecified atom stereocenters. The molecule has 0 radical (unpaired) electrons. The van der Waals surface area contributed by atoms with E-state index in [0.29, 0.717) is 23.5 Å². The Hall–Kier alpha value is -2.96. The van der Waals surface area contributed by atoms with Gasteiger partial charge in [0, 0.05) is 34.5 Å². The first-order valence-electron chi connectivity index (χ1n) is 13.9. The maximum absolute atomic E-state index is 12.8. The van der Waals surface area contributed by atoms with E-state index in [1.807, 2.05) is 5.38 Å². The molecule has 1 amide bonds. The number of rotatable bonds is 8. The Labute approximate surface area is 231 Å². The third-order valence-corrected chi connectivity index (χ3v) is 9.30. The van der Waals surface area contributed by atoms with Gasteiger partial charge in [0.25, 0.3) is 0 Å². The van der Waals surface area contributed by atoms with E-state index in [2.05, 4.69) is 95.7 Å². The predicted molar refractivity (Wildman–Crippen MR) is 158 cm³/mol. The lowest BCUT2D eigenvalue weighted by Gasteiger charge is -2.44.